The molecule has 5 aromatic carbocycles. The van der Waals surface area contributed by atoms with Crippen molar-refractivity contribution in [1.29, 1.82) is 0 Å². The molecule has 206 valence electrons. The number of imidazole rings is 2. The number of rotatable bonds is 4. The van der Waals surface area contributed by atoms with Crippen LogP contribution < -0.4 is 0 Å². The maximum Gasteiger partial charge on any atom is 0.111 e. The van der Waals surface area contributed by atoms with Crippen molar-refractivity contribution in [1.82, 2.24) is 19.1 Å². The highest BCUT2D eigenvalue weighted by Crippen LogP contribution is 2.41. The maximum absolute atomic E-state index is 4.97. The lowest BCUT2D eigenvalue weighted by Gasteiger charge is -2.27. The van der Waals surface area contributed by atoms with E-state index in [4.69, 9.17) is 9.97 Å². The summed E-state index contributed by atoms with van der Waals surface area (Å²) >= 11 is 0. The van der Waals surface area contributed by atoms with Gasteiger partial charge >= 0.3 is 0 Å². The molecule has 0 aliphatic carbocycles. The van der Waals surface area contributed by atoms with E-state index in [1.54, 1.807) is 0 Å². The molecule has 0 radical (unpaired) electrons. The summed E-state index contributed by atoms with van der Waals surface area (Å²) in [4.78, 5) is 9.94. The van der Waals surface area contributed by atoms with E-state index in [0.717, 1.165) is 45.1 Å². The lowest BCUT2D eigenvalue weighted by Crippen LogP contribution is -2.14. The molecule has 7 aromatic rings. The third-order valence-electron chi connectivity index (χ3n) is 8.11. The van der Waals surface area contributed by atoms with E-state index in [1.165, 1.54) is 27.8 Å². The van der Waals surface area contributed by atoms with Crippen LogP contribution in [0, 0.1) is 13.8 Å². The number of fused-ring (bicyclic) bond motifs is 2. The van der Waals surface area contributed by atoms with Crippen molar-refractivity contribution in [2.24, 2.45) is 0 Å². The molecule has 0 saturated carbocycles. The zero-order chi connectivity index (χ0) is 29.0. The number of para-hydroxylation sites is 2. The summed E-state index contributed by atoms with van der Waals surface area (Å²) in [6.07, 6.45) is 0. The van der Waals surface area contributed by atoms with Crippen molar-refractivity contribution in [3.8, 4) is 33.6 Å². The first-order chi connectivity index (χ1) is 20.3. The average Bonchev–Trinajstić information content (AvgIpc) is 3.51. The third-order valence-corrected chi connectivity index (χ3v) is 8.11. The lowest BCUT2D eigenvalue weighted by molar-refractivity contribution is 0.594. The number of hydrogen-bond donors (Lipinski definition) is 0. The fourth-order valence-corrected chi connectivity index (χ4v) is 6.38. The van der Waals surface area contributed by atoms with Crippen LogP contribution in [0.2, 0.25) is 0 Å². The van der Waals surface area contributed by atoms with Crippen LogP contribution in [-0.2, 0) is 5.41 Å². The maximum atomic E-state index is 4.97. The molecule has 0 bridgehead atoms. The first kappa shape index (κ1) is 26.0. The molecule has 0 saturated heterocycles. The monoisotopic (exact) mass is 546 g/mol. The molecular weight excluding hydrogens is 512 g/mol. The topological polar surface area (TPSA) is 35.6 Å². The minimum absolute atomic E-state index is 0.0888. The number of hydrogen-bond acceptors (Lipinski definition) is 2. The van der Waals surface area contributed by atoms with Gasteiger partial charge in [-0.2, -0.15) is 0 Å². The van der Waals surface area contributed by atoms with Crippen molar-refractivity contribution >= 4 is 22.1 Å². The Labute approximate surface area is 246 Å². The fraction of sp³-hybridized carbons (Fsp3) is 0.158. The zero-order valence-electron chi connectivity index (χ0n) is 24.8. The second-order valence-corrected chi connectivity index (χ2v) is 12.0. The number of aromatic nitrogens is 4. The first-order valence-electron chi connectivity index (χ1n) is 14.5. The minimum atomic E-state index is -0.0888. The van der Waals surface area contributed by atoms with Crippen LogP contribution in [0.1, 0.15) is 38.0 Å². The Morgan fingerprint density at radius 2 is 0.929 bits per heavy atom. The lowest BCUT2D eigenvalue weighted by atomic mass is 9.77. The Kier molecular flexibility index (Phi) is 6.09. The van der Waals surface area contributed by atoms with Gasteiger partial charge in [-0.25, -0.2) is 9.97 Å². The molecule has 0 aliphatic rings. The van der Waals surface area contributed by atoms with E-state index >= 15 is 0 Å². The highest BCUT2D eigenvalue weighted by atomic mass is 15.1. The van der Waals surface area contributed by atoms with Gasteiger partial charge in [0.15, 0.2) is 0 Å². The molecule has 0 unspecified atom stereocenters. The van der Waals surface area contributed by atoms with E-state index in [2.05, 4.69) is 147 Å². The molecular formula is C38H34N4. The highest BCUT2D eigenvalue weighted by Gasteiger charge is 2.24. The number of benzene rings is 5. The van der Waals surface area contributed by atoms with Crippen molar-refractivity contribution in [3.63, 3.8) is 0 Å². The van der Waals surface area contributed by atoms with Crippen LogP contribution in [0.15, 0.2) is 115 Å². The van der Waals surface area contributed by atoms with Crippen molar-refractivity contribution in [2.75, 3.05) is 0 Å². The summed E-state index contributed by atoms with van der Waals surface area (Å²) in [5, 5.41) is 0. The molecule has 0 atom stereocenters. The third kappa shape index (κ3) is 4.31. The predicted octanol–water partition coefficient (Wildman–Crippen LogP) is 9.61. The largest absolute Gasteiger partial charge is 0.297 e. The Morgan fingerprint density at radius 1 is 0.500 bits per heavy atom. The summed E-state index contributed by atoms with van der Waals surface area (Å²) in [5.74, 6) is 1.97. The fourth-order valence-electron chi connectivity index (χ4n) is 6.38. The van der Waals surface area contributed by atoms with Crippen molar-refractivity contribution in [3.05, 3.63) is 132 Å². The van der Waals surface area contributed by atoms with Gasteiger partial charge in [0.25, 0.3) is 0 Å². The molecule has 4 heteroatoms. The van der Waals surface area contributed by atoms with Crippen LogP contribution in [-0.4, -0.2) is 19.1 Å². The summed E-state index contributed by atoms with van der Waals surface area (Å²) < 4.78 is 4.46. The van der Waals surface area contributed by atoms with Gasteiger partial charge in [0.2, 0.25) is 0 Å². The van der Waals surface area contributed by atoms with Gasteiger partial charge in [-0.3, -0.25) is 9.13 Å². The van der Waals surface area contributed by atoms with Gasteiger partial charge in [-0.1, -0.05) is 87.5 Å². The van der Waals surface area contributed by atoms with Gasteiger partial charge in [0.05, 0.1) is 22.1 Å². The van der Waals surface area contributed by atoms with E-state index in [1.807, 2.05) is 12.1 Å². The van der Waals surface area contributed by atoms with Gasteiger partial charge < -0.3 is 0 Å². The summed E-state index contributed by atoms with van der Waals surface area (Å²) in [7, 11) is 0. The molecule has 4 nitrogen and oxygen atoms in total. The molecule has 7 rings (SSSR count). The first-order valence-corrected chi connectivity index (χ1v) is 14.5. The Bertz CT molecular complexity index is 1930. The molecule has 42 heavy (non-hydrogen) atoms. The zero-order valence-corrected chi connectivity index (χ0v) is 24.8. The second-order valence-electron chi connectivity index (χ2n) is 12.0. The van der Waals surface area contributed by atoms with Crippen LogP contribution in [0.5, 0.6) is 0 Å². The molecule has 2 aromatic heterocycles. The number of aryl methyl sites for hydroxylation is 2. The normalized spacial score (nSPS) is 11.9. The molecule has 0 N–H and O–H groups in total. The summed E-state index contributed by atoms with van der Waals surface area (Å²) in [6.45, 7) is 11.1. The highest BCUT2D eigenvalue weighted by molar-refractivity contribution is 5.90. The minimum Gasteiger partial charge on any atom is -0.297 e. The van der Waals surface area contributed by atoms with Gasteiger partial charge in [-0.15, -0.1) is 0 Å². The van der Waals surface area contributed by atoms with Gasteiger partial charge in [-0.05, 0) is 95.6 Å². The van der Waals surface area contributed by atoms with E-state index < -0.39 is 0 Å². The Balaban J connectivity index is 1.37. The van der Waals surface area contributed by atoms with E-state index in [9.17, 15) is 0 Å². The Morgan fingerprint density at radius 3 is 1.33 bits per heavy atom. The van der Waals surface area contributed by atoms with Crippen molar-refractivity contribution in [2.45, 2.75) is 40.0 Å². The number of nitrogens with zero attached hydrogens (tertiary/aromatic N) is 4. The van der Waals surface area contributed by atoms with E-state index in [-0.39, 0.29) is 5.41 Å². The molecule has 0 aliphatic heterocycles. The molecule has 2 heterocycles. The van der Waals surface area contributed by atoms with Gasteiger partial charge in [0, 0.05) is 11.4 Å². The second kappa shape index (κ2) is 9.85. The molecule has 0 spiro atoms. The van der Waals surface area contributed by atoms with Gasteiger partial charge in [0.1, 0.15) is 11.6 Å². The predicted molar refractivity (Wildman–Crippen MR) is 175 cm³/mol. The summed E-state index contributed by atoms with van der Waals surface area (Å²) in [6, 6.07) is 41.0. The van der Waals surface area contributed by atoms with E-state index in [0.29, 0.717) is 0 Å². The van der Waals surface area contributed by atoms with Crippen molar-refractivity contribution < 1.29 is 0 Å². The Hall–Kier alpha value is -4.96. The van der Waals surface area contributed by atoms with Crippen LogP contribution in [0.3, 0.4) is 0 Å². The summed E-state index contributed by atoms with van der Waals surface area (Å²) in [5.41, 5.74) is 12.6. The molecule has 0 amide bonds. The SMILES string of the molecule is Cc1nc2cc(-c3cccc(-c4ccc5c(c4)nc(C)n5-c4ccccc4)c3C(C)(C)C)ccc2n1-c1ccccc1. The smallest absolute Gasteiger partial charge is 0.111 e. The average molecular weight is 547 g/mol. The molecule has 0 fully saturated rings. The van der Waals surface area contributed by atoms with Crippen LogP contribution in [0.4, 0.5) is 0 Å². The standard InChI is InChI=1S/C38H34N4/c1-25-39-33-23-27(19-21-35(33)41(25)29-13-8-6-9-14-29)31-17-12-18-32(37(31)38(3,4)5)28-20-22-36-34(24-28)40-26(2)42(36)30-15-10-7-11-16-30/h6-24H,1-5H3. The van der Waals surface area contributed by atoms with Crippen LogP contribution >= 0.6 is 0 Å². The van der Waals surface area contributed by atoms with Crippen LogP contribution in [0.25, 0.3) is 55.7 Å². The quantitative estimate of drug-likeness (QED) is 0.220.